The minimum absolute atomic E-state index is 0.298. The summed E-state index contributed by atoms with van der Waals surface area (Å²) >= 11 is 0. The van der Waals surface area contributed by atoms with Crippen molar-refractivity contribution in [3.63, 3.8) is 0 Å². The molecule has 20 heavy (non-hydrogen) atoms. The van der Waals surface area contributed by atoms with Crippen LogP contribution in [0.3, 0.4) is 0 Å². The van der Waals surface area contributed by atoms with E-state index in [1.165, 1.54) is 19.3 Å². The van der Waals surface area contributed by atoms with Gasteiger partial charge >= 0.3 is 0 Å². The molecule has 4 heteroatoms. The molecule has 0 radical (unpaired) electrons. The van der Waals surface area contributed by atoms with Crippen LogP contribution in [0.1, 0.15) is 40.0 Å². The van der Waals surface area contributed by atoms with Crippen LogP contribution in [0.15, 0.2) is 0 Å². The zero-order chi connectivity index (χ0) is 14.6. The number of hydrogen-bond acceptors (Lipinski definition) is 4. The summed E-state index contributed by atoms with van der Waals surface area (Å²) in [5.74, 6) is 0.569. The van der Waals surface area contributed by atoms with Crippen LogP contribution in [0.4, 0.5) is 0 Å². The predicted octanol–water partition coefficient (Wildman–Crippen LogP) is 1.68. The van der Waals surface area contributed by atoms with Gasteiger partial charge in [-0.1, -0.05) is 13.8 Å². The second-order valence-corrected chi connectivity index (χ2v) is 6.46. The molecule has 1 saturated heterocycles. The number of likely N-dealkylation sites (N-methyl/N-ethyl adjacent to an activating group) is 1. The second kappa shape index (κ2) is 6.89. The fraction of sp³-hybridized carbons (Fsp3) is 0.938. The molecule has 4 nitrogen and oxygen atoms in total. The number of nitrogens with zero attached hydrogens (tertiary/aromatic N) is 3. The van der Waals surface area contributed by atoms with Crippen molar-refractivity contribution in [3.8, 4) is 6.07 Å². The highest BCUT2D eigenvalue weighted by molar-refractivity contribution is 5.16. The second-order valence-electron chi connectivity index (χ2n) is 6.46. The molecule has 0 amide bonds. The Hall–Kier alpha value is -0.630. The SMILES string of the molecule is CCNC(C#N)(CN1CCN(C(C)CC)CC1)C1CC1. The molecule has 1 N–H and O–H groups in total. The molecule has 2 rings (SSSR count). The molecule has 0 aromatic carbocycles. The van der Waals surface area contributed by atoms with Crippen molar-refractivity contribution in [1.82, 2.24) is 15.1 Å². The number of nitriles is 1. The zero-order valence-electron chi connectivity index (χ0n) is 13.4. The maximum atomic E-state index is 9.68. The molecule has 1 heterocycles. The Morgan fingerprint density at radius 3 is 2.35 bits per heavy atom. The van der Waals surface area contributed by atoms with Gasteiger partial charge < -0.3 is 0 Å². The minimum atomic E-state index is -0.298. The maximum absolute atomic E-state index is 9.68. The van der Waals surface area contributed by atoms with Gasteiger partial charge in [0.05, 0.1) is 6.07 Å². The Labute approximate surface area is 124 Å². The van der Waals surface area contributed by atoms with E-state index in [-0.39, 0.29) is 5.54 Å². The molecule has 0 spiro atoms. The fourth-order valence-electron chi connectivity index (χ4n) is 3.36. The van der Waals surface area contributed by atoms with Gasteiger partial charge in [-0.05, 0) is 38.6 Å². The first-order valence-electron chi connectivity index (χ1n) is 8.28. The van der Waals surface area contributed by atoms with Gasteiger partial charge in [0.2, 0.25) is 0 Å². The Morgan fingerprint density at radius 2 is 1.90 bits per heavy atom. The summed E-state index contributed by atoms with van der Waals surface area (Å²) in [6.07, 6.45) is 3.66. The van der Waals surface area contributed by atoms with E-state index in [0.717, 1.165) is 39.3 Å². The molecule has 2 fully saturated rings. The molecule has 1 aliphatic heterocycles. The van der Waals surface area contributed by atoms with Crippen molar-refractivity contribution in [3.05, 3.63) is 0 Å². The van der Waals surface area contributed by atoms with Crippen LogP contribution in [0, 0.1) is 17.2 Å². The number of hydrogen-bond donors (Lipinski definition) is 1. The third-order valence-electron chi connectivity index (χ3n) is 5.06. The van der Waals surface area contributed by atoms with Crippen LogP contribution < -0.4 is 5.32 Å². The van der Waals surface area contributed by atoms with Crippen molar-refractivity contribution in [1.29, 1.82) is 5.26 Å². The molecule has 114 valence electrons. The monoisotopic (exact) mass is 278 g/mol. The molecular formula is C16H30N4. The normalized spacial score (nSPS) is 25.9. The van der Waals surface area contributed by atoms with Crippen molar-refractivity contribution in [2.45, 2.75) is 51.6 Å². The highest BCUT2D eigenvalue weighted by Crippen LogP contribution is 2.40. The molecule has 2 unspecified atom stereocenters. The van der Waals surface area contributed by atoms with Crippen LogP contribution in [0.5, 0.6) is 0 Å². The molecular weight excluding hydrogens is 248 g/mol. The first-order valence-corrected chi connectivity index (χ1v) is 8.28. The van der Waals surface area contributed by atoms with Crippen LogP contribution in [-0.2, 0) is 0 Å². The van der Waals surface area contributed by atoms with Gasteiger partial charge in [-0.25, -0.2) is 0 Å². The smallest absolute Gasteiger partial charge is 0.122 e. The number of rotatable bonds is 7. The molecule has 1 saturated carbocycles. The van der Waals surface area contributed by atoms with E-state index in [9.17, 15) is 5.26 Å². The average molecular weight is 278 g/mol. The number of nitrogens with one attached hydrogen (secondary N) is 1. The summed E-state index contributed by atoms with van der Waals surface area (Å²) in [5.41, 5.74) is -0.298. The van der Waals surface area contributed by atoms with Crippen LogP contribution >= 0.6 is 0 Å². The van der Waals surface area contributed by atoms with Crippen molar-refractivity contribution < 1.29 is 0 Å². The highest BCUT2D eigenvalue weighted by atomic mass is 15.3. The van der Waals surface area contributed by atoms with Crippen LogP contribution in [0.25, 0.3) is 0 Å². The van der Waals surface area contributed by atoms with Crippen LogP contribution in [0.2, 0.25) is 0 Å². The van der Waals surface area contributed by atoms with E-state index in [0.29, 0.717) is 12.0 Å². The first kappa shape index (κ1) is 15.8. The molecule has 2 aliphatic rings. The lowest BCUT2D eigenvalue weighted by Crippen LogP contribution is -2.58. The van der Waals surface area contributed by atoms with Gasteiger partial charge in [0.15, 0.2) is 0 Å². The topological polar surface area (TPSA) is 42.3 Å². The third-order valence-corrected chi connectivity index (χ3v) is 5.06. The van der Waals surface area contributed by atoms with E-state index in [2.05, 4.69) is 42.0 Å². The van der Waals surface area contributed by atoms with Gasteiger partial charge in [0.25, 0.3) is 0 Å². The summed E-state index contributed by atoms with van der Waals surface area (Å²) in [7, 11) is 0. The molecule has 0 aromatic heterocycles. The van der Waals surface area contributed by atoms with Crippen molar-refractivity contribution in [2.24, 2.45) is 5.92 Å². The molecule has 0 aromatic rings. The summed E-state index contributed by atoms with van der Waals surface area (Å²) in [6.45, 7) is 13.0. The van der Waals surface area contributed by atoms with Crippen molar-refractivity contribution >= 4 is 0 Å². The lowest BCUT2D eigenvalue weighted by Gasteiger charge is -2.41. The average Bonchev–Trinajstić information content (AvgIpc) is 3.31. The van der Waals surface area contributed by atoms with Crippen LogP contribution in [-0.4, -0.2) is 60.6 Å². The van der Waals surface area contributed by atoms with E-state index in [1.54, 1.807) is 0 Å². The highest BCUT2D eigenvalue weighted by Gasteiger charge is 2.46. The van der Waals surface area contributed by atoms with Crippen molar-refractivity contribution in [2.75, 3.05) is 39.3 Å². The Bertz CT molecular complexity index is 339. The van der Waals surface area contributed by atoms with E-state index in [1.807, 2.05) is 0 Å². The largest absolute Gasteiger partial charge is 0.298 e. The van der Waals surface area contributed by atoms with Gasteiger partial charge in [-0.2, -0.15) is 5.26 Å². The van der Waals surface area contributed by atoms with Gasteiger partial charge in [-0.3, -0.25) is 15.1 Å². The summed E-state index contributed by atoms with van der Waals surface area (Å²) in [6, 6.07) is 3.29. The summed E-state index contributed by atoms with van der Waals surface area (Å²) < 4.78 is 0. The summed E-state index contributed by atoms with van der Waals surface area (Å²) in [5, 5.41) is 13.2. The lowest BCUT2D eigenvalue weighted by atomic mass is 9.93. The van der Waals surface area contributed by atoms with Gasteiger partial charge in [-0.15, -0.1) is 0 Å². The fourth-order valence-corrected chi connectivity index (χ4v) is 3.36. The predicted molar refractivity (Wildman–Crippen MR) is 82.5 cm³/mol. The Kier molecular flexibility index (Phi) is 5.42. The van der Waals surface area contributed by atoms with E-state index in [4.69, 9.17) is 0 Å². The molecule has 0 bridgehead atoms. The first-order chi connectivity index (χ1) is 9.65. The minimum Gasteiger partial charge on any atom is -0.298 e. The zero-order valence-corrected chi connectivity index (χ0v) is 13.4. The third kappa shape index (κ3) is 3.52. The molecule has 2 atom stereocenters. The van der Waals surface area contributed by atoms with E-state index >= 15 is 0 Å². The Balaban J connectivity index is 1.88. The van der Waals surface area contributed by atoms with E-state index < -0.39 is 0 Å². The lowest BCUT2D eigenvalue weighted by molar-refractivity contribution is 0.0832. The quantitative estimate of drug-likeness (QED) is 0.769. The molecule has 1 aliphatic carbocycles. The van der Waals surface area contributed by atoms with Gasteiger partial charge in [0.1, 0.15) is 5.54 Å². The standard InChI is InChI=1S/C16H30N4/c1-4-14(3)20-10-8-19(9-11-20)13-16(12-17,18-5-2)15-6-7-15/h14-15,18H,4-11,13H2,1-3H3. The summed E-state index contributed by atoms with van der Waals surface area (Å²) in [4.78, 5) is 5.07. The van der Waals surface area contributed by atoms with Gasteiger partial charge in [0, 0.05) is 38.8 Å². The number of piperazine rings is 1. The maximum Gasteiger partial charge on any atom is 0.122 e. The Morgan fingerprint density at radius 1 is 1.25 bits per heavy atom.